The molecule has 0 bridgehead atoms. The van der Waals surface area contributed by atoms with Crippen molar-refractivity contribution in [2.45, 2.75) is 38.6 Å². The van der Waals surface area contributed by atoms with Crippen LogP contribution in [0.4, 0.5) is 0 Å². The van der Waals surface area contributed by atoms with Crippen LogP contribution in [0.25, 0.3) is 0 Å². The summed E-state index contributed by atoms with van der Waals surface area (Å²) >= 11 is 0. The third-order valence-corrected chi connectivity index (χ3v) is 3.52. The molecule has 20 heavy (non-hydrogen) atoms. The second-order valence-electron chi connectivity index (χ2n) is 5.84. The normalized spacial score (nSPS) is 25.6. The Balaban J connectivity index is 1.66. The molecule has 0 saturated carbocycles. The maximum Gasteiger partial charge on any atom is 0.0900 e. The van der Waals surface area contributed by atoms with Crippen LogP contribution in [0.1, 0.15) is 19.4 Å². The Kier molecular flexibility index (Phi) is 5.98. The number of ether oxygens (including phenoxy) is 1. The van der Waals surface area contributed by atoms with Gasteiger partial charge in [-0.3, -0.25) is 4.90 Å². The number of aliphatic hydroxyl groups is 1. The number of benzene rings is 1. The Morgan fingerprint density at radius 2 is 1.90 bits per heavy atom. The molecule has 1 aliphatic rings. The highest BCUT2D eigenvalue weighted by Crippen LogP contribution is 2.06. The zero-order valence-corrected chi connectivity index (χ0v) is 12.5. The molecule has 0 radical (unpaired) electrons. The van der Waals surface area contributed by atoms with Gasteiger partial charge in [0.15, 0.2) is 0 Å². The quantitative estimate of drug-likeness (QED) is 0.822. The van der Waals surface area contributed by atoms with Crippen LogP contribution in [-0.2, 0) is 11.3 Å². The molecule has 4 nitrogen and oxygen atoms in total. The fraction of sp³-hybridized carbons (Fsp3) is 0.625. The van der Waals surface area contributed by atoms with E-state index in [1.54, 1.807) is 0 Å². The van der Waals surface area contributed by atoms with E-state index in [0.717, 1.165) is 18.7 Å². The minimum Gasteiger partial charge on any atom is -0.389 e. The van der Waals surface area contributed by atoms with Crippen molar-refractivity contribution in [1.29, 1.82) is 0 Å². The van der Waals surface area contributed by atoms with Gasteiger partial charge in [0, 0.05) is 31.7 Å². The van der Waals surface area contributed by atoms with Crippen LogP contribution >= 0.6 is 0 Å². The number of aliphatic hydroxyl groups excluding tert-OH is 1. The molecule has 1 aliphatic heterocycles. The van der Waals surface area contributed by atoms with Crippen molar-refractivity contribution in [2.24, 2.45) is 0 Å². The summed E-state index contributed by atoms with van der Waals surface area (Å²) < 4.78 is 5.58. The lowest BCUT2D eigenvalue weighted by Gasteiger charge is -2.37. The maximum atomic E-state index is 10.1. The number of nitrogens with zero attached hydrogens (tertiary/aromatic N) is 1. The van der Waals surface area contributed by atoms with Crippen molar-refractivity contribution in [3.63, 3.8) is 0 Å². The first-order valence-electron chi connectivity index (χ1n) is 7.41. The van der Waals surface area contributed by atoms with E-state index < -0.39 is 6.10 Å². The van der Waals surface area contributed by atoms with Gasteiger partial charge in [-0.15, -0.1) is 0 Å². The zero-order valence-electron chi connectivity index (χ0n) is 12.5. The minimum absolute atomic E-state index is 0.390. The van der Waals surface area contributed by atoms with Gasteiger partial charge in [0.25, 0.3) is 0 Å². The summed E-state index contributed by atoms with van der Waals surface area (Å²) in [5.74, 6) is 0. The van der Waals surface area contributed by atoms with Gasteiger partial charge in [-0.25, -0.2) is 0 Å². The molecule has 1 heterocycles. The summed E-state index contributed by atoms with van der Waals surface area (Å²) in [6.45, 7) is 7.97. The average Bonchev–Trinajstić information content (AvgIpc) is 2.38. The summed E-state index contributed by atoms with van der Waals surface area (Å²) in [5.41, 5.74) is 1.14. The first-order chi connectivity index (χ1) is 9.63. The zero-order chi connectivity index (χ0) is 14.4. The SMILES string of the molecule is CC1CN(CC(O)COCc2ccccc2)CC(C)N1. The first-order valence-corrected chi connectivity index (χ1v) is 7.41. The van der Waals surface area contributed by atoms with Crippen molar-refractivity contribution < 1.29 is 9.84 Å². The highest BCUT2D eigenvalue weighted by atomic mass is 16.5. The molecule has 1 aromatic carbocycles. The number of piperazine rings is 1. The standard InChI is InChI=1S/C16H26N2O2/c1-13-8-18(9-14(2)17-13)10-16(19)12-20-11-15-6-4-3-5-7-15/h3-7,13-14,16-17,19H,8-12H2,1-2H3. The van der Waals surface area contributed by atoms with Gasteiger partial charge in [0.2, 0.25) is 0 Å². The van der Waals surface area contributed by atoms with Crippen LogP contribution in [0.3, 0.4) is 0 Å². The van der Waals surface area contributed by atoms with Crippen LogP contribution in [-0.4, -0.2) is 54.4 Å². The number of hydrogen-bond donors (Lipinski definition) is 2. The Hall–Kier alpha value is -0.940. The van der Waals surface area contributed by atoms with E-state index in [4.69, 9.17) is 4.74 Å². The summed E-state index contributed by atoms with van der Waals surface area (Å²) in [6.07, 6.45) is -0.420. The number of rotatable bonds is 6. The molecule has 0 aromatic heterocycles. The van der Waals surface area contributed by atoms with E-state index in [9.17, 15) is 5.11 Å². The average molecular weight is 278 g/mol. The monoisotopic (exact) mass is 278 g/mol. The van der Waals surface area contributed by atoms with E-state index in [1.807, 2.05) is 30.3 Å². The van der Waals surface area contributed by atoms with Crippen LogP contribution in [0.15, 0.2) is 30.3 Å². The number of hydrogen-bond acceptors (Lipinski definition) is 4. The predicted octanol–water partition coefficient (Wildman–Crippen LogP) is 1.25. The summed E-state index contributed by atoms with van der Waals surface area (Å²) in [7, 11) is 0. The van der Waals surface area contributed by atoms with Crippen molar-refractivity contribution in [3.8, 4) is 0 Å². The molecule has 0 aliphatic carbocycles. The second-order valence-corrected chi connectivity index (χ2v) is 5.84. The van der Waals surface area contributed by atoms with Crippen LogP contribution in [0.5, 0.6) is 0 Å². The van der Waals surface area contributed by atoms with E-state index in [2.05, 4.69) is 24.1 Å². The smallest absolute Gasteiger partial charge is 0.0900 e. The van der Waals surface area contributed by atoms with Gasteiger partial charge in [-0.05, 0) is 19.4 Å². The molecular formula is C16H26N2O2. The fourth-order valence-corrected chi connectivity index (χ4v) is 2.83. The van der Waals surface area contributed by atoms with E-state index in [0.29, 0.717) is 31.8 Å². The molecule has 112 valence electrons. The van der Waals surface area contributed by atoms with Crippen LogP contribution in [0, 0.1) is 0 Å². The Morgan fingerprint density at radius 1 is 1.25 bits per heavy atom. The second kappa shape index (κ2) is 7.74. The summed E-state index contributed by atoms with van der Waals surface area (Å²) in [6, 6.07) is 11.0. The molecular weight excluding hydrogens is 252 g/mol. The Labute approximate surface area is 121 Å². The topological polar surface area (TPSA) is 44.7 Å². The lowest BCUT2D eigenvalue weighted by molar-refractivity contribution is 0.00327. The largest absolute Gasteiger partial charge is 0.389 e. The maximum absolute atomic E-state index is 10.1. The van der Waals surface area contributed by atoms with Crippen LogP contribution < -0.4 is 5.32 Å². The Bertz CT molecular complexity index is 375. The van der Waals surface area contributed by atoms with Gasteiger partial charge < -0.3 is 15.2 Å². The van der Waals surface area contributed by atoms with E-state index in [-0.39, 0.29) is 0 Å². The molecule has 3 unspecified atom stereocenters. The van der Waals surface area contributed by atoms with Gasteiger partial charge in [-0.1, -0.05) is 30.3 Å². The molecule has 2 N–H and O–H groups in total. The third kappa shape index (κ3) is 5.21. The first kappa shape index (κ1) is 15.4. The molecule has 0 amide bonds. The lowest BCUT2D eigenvalue weighted by Crippen LogP contribution is -2.55. The van der Waals surface area contributed by atoms with Gasteiger partial charge in [0.1, 0.15) is 0 Å². The van der Waals surface area contributed by atoms with Gasteiger partial charge >= 0.3 is 0 Å². The molecule has 1 saturated heterocycles. The molecule has 3 atom stereocenters. The molecule has 1 fully saturated rings. The van der Waals surface area contributed by atoms with E-state index >= 15 is 0 Å². The molecule has 4 heteroatoms. The fourth-order valence-electron chi connectivity index (χ4n) is 2.83. The number of β-amino-alcohol motifs (C(OH)–C–C–N with tert-alkyl or cyclic N) is 1. The van der Waals surface area contributed by atoms with Gasteiger partial charge in [0.05, 0.1) is 19.3 Å². The lowest BCUT2D eigenvalue weighted by atomic mass is 10.1. The summed E-state index contributed by atoms with van der Waals surface area (Å²) in [4.78, 5) is 2.31. The number of nitrogens with one attached hydrogen (secondary N) is 1. The van der Waals surface area contributed by atoms with Crippen molar-refractivity contribution >= 4 is 0 Å². The molecule has 1 aromatic rings. The minimum atomic E-state index is -0.420. The highest BCUT2D eigenvalue weighted by Gasteiger charge is 2.22. The third-order valence-electron chi connectivity index (χ3n) is 3.52. The van der Waals surface area contributed by atoms with Crippen molar-refractivity contribution in [3.05, 3.63) is 35.9 Å². The molecule has 0 spiro atoms. The van der Waals surface area contributed by atoms with Crippen LogP contribution in [0.2, 0.25) is 0 Å². The van der Waals surface area contributed by atoms with Crippen molar-refractivity contribution in [1.82, 2.24) is 10.2 Å². The summed E-state index contributed by atoms with van der Waals surface area (Å²) in [5, 5.41) is 13.6. The van der Waals surface area contributed by atoms with E-state index in [1.165, 1.54) is 0 Å². The van der Waals surface area contributed by atoms with Gasteiger partial charge in [-0.2, -0.15) is 0 Å². The van der Waals surface area contributed by atoms with Crippen molar-refractivity contribution in [2.75, 3.05) is 26.2 Å². The molecule has 2 rings (SSSR count). The highest BCUT2D eigenvalue weighted by molar-refractivity contribution is 5.13. The predicted molar refractivity (Wildman–Crippen MR) is 80.6 cm³/mol. The Morgan fingerprint density at radius 3 is 2.55 bits per heavy atom.